The van der Waals surface area contributed by atoms with Gasteiger partial charge in [0.15, 0.2) is 0 Å². The molecule has 1 aromatic rings. The Bertz CT molecular complexity index is 473. The third-order valence-corrected chi connectivity index (χ3v) is 3.23. The molecule has 1 atom stereocenters. The predicted octanol–water partition coefficient (Wildman–Crippen LogP) is 2.55. The highest BCUT2D eigenvalue weighted by Gasteiger charge is 2.19. The topological polar surface area (TPSA) is 57.6 Å². The average molecular weight is 314 g/mol. The van der Waals surface area contributed by atoms with Gasteiger partial charge in [-0.2, -0.15) is 0 Å². The first-order chi connectivity index (χ1) is 8.32. The summed E-state index contributed by atoms with van der Waals surface area (Å²) in [5.41, 5.74) is 1.46. The first-order valence-corrected chi connectivity index (χ1v) is 6.36. The number of nitrogens with zero attached hydrogens (tertiary/aromatic N) is 1. The zero-order chi connectivity index (χ0) is 13.9. The van der Waals surface area contributed by atoms with Crippen LogP contribution in [0.15, 0.2) is 22.7 Å². The first kappa shape index (κ1) is 14.7. The number of carbonyl (C=O) groups is 2. The highest BCUT2D eigenvalue weighted by Crippen LogP contribution is 2.17. The summed E-state index contributed by atoms with van der Waals surface area (Å²) in [6, 6.07) is 5.40. The van der Waals surface area contributed by atoms with E-state index in [1.165, 1.54) is 4.90 Å². The molecule has 0 saturated carbocycles. The molecule has 0 aliphatic rings. The maximum absolute atomic E-state index is 12.2. The second-order valence-electron chi connectivity index (χ2n) is 4.38. The molecule has 0 aromatic heterocycles. The molecule has 0 aliphatic carbocycles. The van der Waals surface area contributed by atoms with Crippen molar-refractivity contribution in [3.63, 3.8) is 0 Å². The number of aliphatic carboxylic acids is 1. The molecule has 0 radical (unpaired) electrons. The standard InChI is InChI=1S/C13H16BrNO3/c1-8-6-10(14)4-5-11(8)12(16)15(3)7-9(2)13(17)18/h4-6,9H,7H2,1-3H3,(H,17,18). The Morgan fingerprint density at radius 1 is 1.44 bits per heavy atom. The molecule has 1 aromatic carbocycles. The van der Waals surface area contributed by atoms with Crippen LogP contribution in [0.4, 0.5) is 0 Å². The minimum Gasteiger partial charge on any atom is -0.481 e. The smallest absolute Gasteiger partial charge is 0.308 e. The van der Waals surface area contributed by atoms with Gasteiger partial charge in [0.25, 0.3) is 5.91 Å². The van der Waals surface area contributed by atoms with E-state index in [0.717, 1.165) is 10.0 Å². The van der Waals surface area contributed by atoms with Crippen LogP contribution in [-0.4, -0.2) is 35.5 Å². The summed E-state index contributed by atoms with van der Waals surface area (Å²) >= 11 is 3.34. The van der Waals surface area contributed by atoms with Crippen molar-refractivity contribution in [1.82, 2.24) is 4.90 Å². The second kappa shape index (κ2) is 6.00. The molecule has 98 valence electrons. The van der Waals surface area contributed by atoms with E-state index in [0.29, 0.717) is 5.56 Å². The quantitative estimate of drug-likeness (QED) is 0.929. The zero-order valence-electron chi connectivity index (χ0n) is 10.6. The molecule has 4 nitrogen and oxygen atoms in total. The van der Waals surface area contributed by atoms with Crippen LogP contribution in [0.3, 0.4) is 0 Å². The summed E-state index contributed by atoms with van der Waals surface area (Å²) in [7, 11) is 1.61. The van der Waals surface area contributed by atoms with Crippen molar-refractivity contribution >= 4 is 27.8 Å². The number of carbonyl (C=O) groups excluding carboxylic acids is 1. The largest absolute Gasteiger partial charge is 0.481 e. The van der Waals surface area contributed by atoms with Crippen LogP contribution in [-0.2, 0) is 4.79 Å². The SMILES string of the molecule is Cc1cc(Br)ccc1C(=O)N(C)CC(C)C(=O)O. The Hall–Kier alpha value is -1.36. The van der Waals surface area contributed by atoms with E-state index in [-0.39, 0.29) is 12.5 Å². The Balaban J connectivity index is 2.83. The third kappa shape index (κ3) is 3.57. The van der Waals surface area contributed by atoms with Crippen LogP contribution in [0.2, 0.25) is 0 Å². The van der Waals surface area contributed by atoms with Crippen LogP contribution in [0, 0.1) is 12.8 Å². The minimum absolute atomic E-state index is 0.159. The lowest BCUT2D eigenvalue weighted by Gasteiger charge is -2.20. The second-order valence-corrected chi connectivity index (χ2v) is 5.30. The lowest BCUT2D eigenvalue weighted by Crippen LogP contribution is -2.34. The number of hydrogen-bond acceptors (Lipinski definition) is 2. The molecule has 0 saturated heterocycles. The van der Waals surface area contributed by atoms with Crippen LogP contribution in [0.5, 0.6) is 0 Å². The van der Waals surface area contributed by atoms with Gasteiger partial charge in [0.1, 0.15) is 0 Å². The van der Waals surface area contributed by atoms with Crippen LogP contribution in [0.1, 0.15) is 22.8 Å². The molecule has 1 rings (SSSR count). The summed E-state index contributed by atoms with van der Waals surface area (Å²) in [6.45, 7) is 3.64. The Morgan fingerprint density at radius 2 is 2.06 bits per heavy atom. The number of aryl methyl sites for hydroxylation is 1. The fourth-order valence-electron chi connectivity index (χ4n) is 1.64. The Morgan fingerprint density at radius 3 is 2.56 bits per heavy atom. The number of benzene rings is 1. The molecular weight excluding hydrogens is 298 g/mol. The van der Waals surface area contributed by atoms with E-state index in [4.69, 9.17) is 5.11 Å². The predicted molar refractivity (Wildman–Crippen MR) is 72.6 cm³/mol. The van der Waals surface area contributed by atoms with Crippen molar-refractivity contribution in [2.24, 2.45) is 5.92 Å². The highest BCUT2D eigenvalue weighted by atomic mass is 79.9. The molecule has 1 N–H and O–H groups in total. The normalized spacial score (nSPS) is 12.0. The van der Waals surface area contributed by atoms with Crippen molar-refractivity contribution in [2.45, 2.75) is 13.8 Å². The lowest BCUT2D eigenvalue weighted by molar-refractivity contribution is -0.141. The fraction of sp³-hybridized carbons (Fsp3) is 0.385. The summed E-state index contributed by atoms with van der Waals surface area (Å²) in [6.07, 6.45) is 0. The van der Waals surface area contributed by atoms with Crippen LogP contribution in [0.25, 0.3) is 0 Å². The number of hydrogen-bond donors (Lipinski definition) is 1. The summed E-state index contributed by atoms with van der Waals surface area (Å²) in [5, 5.41) is 8.83. The molecule has 1 amide bonds. The van der Waals surface area contributed by atoms with Crippen molar-refractivity contribution in [3.8, 4) is 0 Å². The number of carboxylic acids is 1. The molecule has 0 heterocycles. The van der Waals surface area contributed by atoms with Crippen molar-refractivity contribution in [3.05, 3.63) is 33.8 Å². The van der Waals surface area contributed by atoms with Crippen LogP contribution >= 0.6 is 15.9 Å². The summed E-state index contributed by atoms with van der Waals surface area (Å²) in [4.78, 5) is 24.4. The average Bonchev–Trinajstić information content (AvgIpc) is 2.27. The first-order valence-electron chi connectivity index (χ1n) is 5.57. The van der Waals surface area contributed by atoms with Gasteiger partial charge in [-0.05, 0) is 30.7 Å². The van der Waals surface area contributed by atoms with Gasteiger partial charge in [-0.15, -0.1) is 0 Å². The van der Waals surface area contributed by atoms with E-state index in [2.05, 4.69) is 15.9 Å². The fourth-order valence-corrected chi connectivity index (χ4v) is 2.12. The maximum atomic E-state index is 12.2. The van der Waals surface area contributed by atoms with Gasteiger partial charge in [0, 0.05) is 23.6 Å². The zero-order valence-corrected chi connectivity index (χ0v) is 12.2. The van der Waals surface area contributed by atoms with Gasteiger partial charge >= 0.3 is 5.97 Å². The summed E-state index contributed by atoms with van der Waals surface area (Å²) in [5.74, 6) is -1.63. The van der Waals surface area contributed by atoms with Gasteiger partial charge in [0.2, 0.25) is 0 Å². The number of halogens is 1. The molecule has 0 fully saturated rings. The van der Waals surface area contributed by atoms with Crippen molar-refractivity contribution < 1.29 is 14.7 Å². The number of rotatable bonds is 4. The number of carboxylic acid groups (broad SMARTS) is 1. The third-order valence-electron chi connectivity index (χ3n) is 2.73. The van der Waals surface area contributed by atoms with Gasteiger partial charge in [-0.1, -0.05) is 22.9 Å². The van der Waals surface area contributed by atoms with Gasteiger partial charge in [-0.25, -0.2) is 0 Å². The molecule has 0 spiro atoms. The molecule has 1 unspecified atom stereocenters. The Labute approximate surface area is 115 Å². The molecular formula is C13H16BrNO3. The van der Waals surface area contributed by atoms with Crippen molar-refractivity contribution in [1.29, 1.82) is 0 Å². The molecule has 5 heteroatoms. The minimum atomic E-state index is -0.901. The molecule has 0 bridgehead atoms. The van der Waals surface area contributed by atoms with Gasteiger partial charge in [-0.3, -0.25) is 9.59 Å². The van der Waals surface area contributed by atoms with Crippen molar-refractivity contribution in [2.75, 3.05) is 13.6 Å². The monoisotopic (exact) mass is 313 g/mol. The lowest BCUT2D eigenvalue weighted by atomic mass is 10.1. The maximum Gasteiger partial charge on any atom is 0.308 e. The van der Waals surface area contributed by atoms with E-state index in [1.54, 1.807) is 26.1 Å². The number of amides is 1. The van der Waals surface area contributed by atoms with Crippen LogP contribution < -0.4 is 0 Å². The molecule has 0 aliphatic heterocycles. The van der Waals surface area contributed by atoms with E-state index in [1.807, 2.05) is 13.0 Å². The molecule has 18 heavy (non-hydrogen) atoms. The van der Waals surface area contributed by atoms with E-state index < -0.39 is 11.9 Å². The van der Waals surface area contributed by atoms with Gasteiger partial charge < -0.3 is 10.0 Å². The summed E-state index contributed by atoms with van der Waals surface area (Å²) < 4.78 is 0.915. The highest BCUT2D eigenvalue weighted by molar-refractivity contribution is 9.10. The van der Waals surface area contributed by atoms with E-state index >= 15 is 0 Å². The Kier molecular flexibility index (Phi) is 4.90. The van der Waals surface area contributed by atoms with E-state index in [9.17, 15) is 9.59 Å². The van der Waals surface area contributed by atoms with Gasteiger partial charge in [0.05, 0.1) is 5.92 Å².